The first-order valence-corrected chi connectivity index (χ1v) is 7.94. The zero-order valence-electron chi connectivity index (χ0n) is 13.8. The highest BCUT2D eigenvalue weighted by Gasteiger charge is 2.26. The number of rotatable bonds is 5. The molecule has 1 aromatic carbocycles. The van der Waals surface area contributed by atoms with Gasteiger partial charge in [0.1, 0.15) is 0 Å². The van der Waals surface area contributed by atoms with Gasteiger partial charge in [0.25, 0.3) is 0 Å². The lowest BCUT2D eigenvalue weighted by Crippen LogP contribution is -2.05. The predicted octanol–water partition coefficient (Wildman–Crippen LogP) is 4.06. The van der Waals surface area contributed by atoms with Gasteiger partial charge in [0, 0.05) is 15.8 Å². The molecule has 0 spiro atoms. The molecule has 3 radical (unpaired) electrons. The topological polar surface area (TPSA) is 43.5 Å². The van der Waals surface area contributed by atoms with E-state index in [1.807, 2.05) is 0 Å². The second-order valence-corrected chi connectivity index (χ2v) is 6.58. The third kappa shape index (κ3) is 5.18. The van der Waals surface area contributed by atoms with E-state index in [9.17, 15) is 0 Å². The van der Waals surface area contributed by atoms with E-state index in [0.29, 0.717) is 21.2 Å². The van der Waals surface area contributed by atoms with Crippen molar-refractivity contribution in [1.29, 1.82) is 0 Å². The molecule has 0 bridgehead atoms. The summed E-state index contributed by atoms with van der Waals surface area (Å²) < 4.78 is 18.2. The van der Waals surface area contributed by atoms with Gasteiger partial charge in [-0.05, 0) is 17.8 Å². The van der Waals surface area contributed by atoms with Crippen LogP contribution in [0.1, 0.15) is 24.4 Å². The van der Waals surface area contributed by atoms with Crippen molar-refractivity contribution in [3.8, 4) is 17.2 Å². The highest BCUT2D eigenvalue weighted by molar-refractivity contribution is 7.73. The van der Waals surface area contributed by atoms with Crippen LogP contribution in [0.2, 0.25) is 0 Å². The Balaban J connectivity index is -0.00000110. The van der Waals surface area contributed by atoms with Gasteiger partial charge >= 0.3 is 0 Å². The van der Waals surface area contributed by atoms with Crippen molar-refractivity contribution in [2.75, 3.05) is 21.3 Å². The fourth-order valence-corrected chi connectivity index (χ4v) is 3.73. The van der Waals surface area contributed by atoms with E-state index in [1.54, 1.807) is 21.3 Å². The van der Waals surface area contributed by atoms with Crippen LogP contribution in [0.4, 0.5) is 0 Å². The van der Waals surface area contributed by atoms with Gasteiger partial charge in [-0.1, -0.05) is 13.3 Å². The summed E-state index contributed by atoms with van der Waals surface area (Å²) in [5.74, 6) is 1.91. The first kappa shape index (κ1) is 29.1. The number of nitrogens with one attached hydrogen (secondary N) is 1. The molecule has 2 rings (SSSR count). The monoisotopic (exact) mass is 462 g/mol. The molecule has 4 nitrogen and oxygen atoms in total. The molecule has 1 unspecified atom stereocenters. The SMILES string of the molecule is CCC([Si])c1c(OC)c(OC)c(OC)c2sc(=S)[nH]c12.S.S.S.S. The second kappa shape index (κ2) is 12.7. The van der Waals surface area contributed by atoms with Gasteiger partial charge in [0.2, 0.25) is 5.75 Å². The summed E-state index contributed by atoms with van der Waals surface area (Å²) in [4.78, 5) is 3.23. The molecule has 0 fully saturated rings. The number of methoxy groups -OCH3 is 3. The van der Waals surface area contributed by atoms with E-state index < -0.39 is 0 Å². The standard InChI is InChI=1S/C13H16NO3S2Si.4H2S/c1-5-6(20)7-8-12(19-13(18)14-8)11(17-4)10(16-3)9(7)15-2;;;;/h6H,5H2,1-4H3,(H,14,18);4*1H2. The summed E-state index contributed by atoms with van der Waals surface area (Å²) in [6.45, 7) is 2.10. The second-order valence-electron chi connectivity index (χ2n) is 4.19. The fourth-order valence-electron chi connectivity index (χ4n) is 2.23. The Morgan fingerprint density at radius 2 is 1.50 bits per heavy atom. The number of ether oxygens (including phenoxy) is 3. The fraction of sp³-hybridized carbons (Fsp3) is 0.462. The molecule has 2 aromatic rings. The molecule has 0 saturated carbocycles. The normalized spacial score (nSPS) is 10.4. The number of aromatic amines is 1. The average Bonchev–Trinajstić information content (AvgIpc) is 2.84. The highest BCUT2D eigenvalue weighted by atomic mass is 32.1. The molecule has 1 heterocycles. The van der Waals surface area contributed by atoms with E-state index in [-0.39, 0.29) is 59.5 Å². The number of thiazole rings is 1. The lowest BCUT2D eigenvalue weighted by Gasteiger charge is -2.20. The van der Waals surface area contributed by atoms with Crippen molar-refractivity contribution < 1.29 is 14.2 Å². The van der Waals surface area contributed by atoms with Gasteiger partial charge in [-0.25, -0.2) is 0 Å². The van der Waals surface area contributed by atoms with Crippen molar-refractivity contribution in [3.63, 3.8) is 0 Å². The Morgan fingerprint density at radius 3 is 1.92 bits per heavy atom. The summed E-state index contributed by atoms with van der Waals surface area (Å²) in [7, 11) is 8.60. The van der Waals surface area contributed by atoms with Gasteiger partial charge in [-0.2, -0.15) is 54.0 Å². The first-order chi connectivity index (χ1) is 9.58. The summed E-state index contributed by atoms with van der Waals surface area (Å²) in [5.41, 5.74) is 2.08. The Labute approximate surface area is 183 Å². The van der Waals surface area contributed by atoms with Crippen molar-refractivity contribution >= 4 is 98.0 Å². The minimum Gasteiger partial charge on any atom is -0.492 e. The summed E-state index contributed by atoms with van der Waals surface area (Å²) in [6, 6.07) is 0. The molecule has 1 aromatic heterocycles. The molecule has 0 saturated heterocycles. The third-order valence-electron chi connectivity index (χ3n) is 3.15. The van der Waals surface area contributed by atoms with Crippen LogP contribution in [0, 0.1) is 3.95 Å². The lowest BCUT2D eigenvalue weighted by atomic mass is 10.1. The summed E-state index contributed by atoms with van der Waals surface area (Å²) in [6.07, 6.45) is 0.911. The van der Waals surface area contributed by atoms with Crippen molar-refractivity contribution in [1.82, 2.24) is 4.98 Å². The number of H-pyrrole nitrogens is 1. The number of fused-ring (bicyclic) bond motifs is 1. The lowest BCUT2D eigenvalue weighted by molar-refractivity contribution is 0.325. The van der Waals surface area contributed by atoms with E-state index in [0.717, 1.165) is 22.2 Å². The first-order valence-electron chi connectivity index (χ1n) is 6.14. The molecule has 139 valence electrons. The number of aromatic nitrogens is 1. The third-order valence-corrected chi connectivity index (χ3v) is 5.08. The van der Waals surface area contributed by atoms with Crippen LogP contribution >= 0.6 is 77.5 Å². The maximum atomic E-state index is 5.56. The molecule has 0 amide bonds. The van der Waals surface area contributed by atoms with Crippen LogP contribution < -0.4 is 14.2 Å². The van der Waals surface area contributed by atoms with Gasteiger partial charge in [-0.3, -0.25) is 0 Å². The van der Waals surface area contributed by atoms with E-state index in [2.05, 4.69) is 22.2 Å². The van der Waals surface area contributed by atoms with Gasteiger partial charge in [0.15, 0.2) is 15.5 Å². The Morgan fingerprint density at radius 1 is 1.00 bits per heavy atom. The van der Waals surface area contributed by atoms with Gasteiger partial charge in [-0.15, -0.1) is 11.3 Å². The van der Waals surface area contributed by atoms with E-state index >= 15 is 0 Å². The minimum atomic E-state index is 0. The van der Waals surface area contributed by atoms with Crippen molar-refractivity contribution in [3.05, 3.63) is 9.52 Å². The molecular weight excluding hydrogens is 439 g/mol. The van der Waals surface area contributed by atoms with Crippen molar-refractivity contribution in [2.24, 2.45) is 0 Å². The Kier molecular flexibility index (Phi) is 15.4. The summed E-state index contributed by atoms with van der Waals surface area (Å²) >= 11 is 6.74. The molecule has 0 aliphatic carbocycles. The quantitative estimate of drug-likeness (QED) is 0.538. The van der Waals surface area contributed by atoms with Gasteiger partial charge < -0.3 is 19.2 Å². The van der Waals surface area contributed by atoms with Crippen LogP contribution in [-0.2, 0) is 0 Å². The zero-order valence-corrected chi connectivity index (χ0v) is 20.5. The maximum Gasteiger partial charge on any atom is 0.205 e. The van der Waals surface area contributed by atoms with E-state index in [1.165, 1.54) is 11.3 Å². The van der Waals surface area contributed by atoms with Crippen LogP contribution in [0.5, 0.6) is 17.2 Å². The Bertz CT molecular complexity index is 690. The number of hydrogen-bond acceptors (Lipinski definition) is 5. The molecule has 24 heavy (non-hydrogen) atoms. The molecule has 11 heteroatoms. The van der Waals surface area contributed by atoms with Gasteiger partial charge in [0.05, 0.1) is 31.5 Å². The maximum absolute atomic E-state index is 5.56. The molecular formula is C13H24NO3S6Si. The average molecular weight is 463 g/mol. The van der Waals surface area contributed by atoms with Crippen molar-refractivity contribution in [2.45, 2.75) is 18.9 Å². The zero-order chi connectivity index (χ0) is 14.9. The van der Waals surface area contributed by atoms with Crippen LogP contribution in [0.25, 0.3) is 10.2 Å². The number of benzene rings is 1. The molecule has 0 aliphatic rings. The number of hydrogen-bond donors (Lipinski definition) is 1. The molecule has 0 aliphatic heterocycles. The van der Waals surface area contributed by atoms with Crippen LogP contribution in [0.3, 0.4) is 0 Å². The largest absolute Gasteiger partial charge is 0.492 e. The minimum absolute atomic E-state index is 0. The molecule has 1 N–H and O–H groups in total. The van der Waals surface area contributed by atoms with E-state index in [4.69, 9.17) is 26.4 Å². The molecule has 1 atom stereocenters. The smallest absolute Gasteiger partial charge is 0.205 e. The highest BCUT2D eigenvalue weighted by Crippen LogP contribution is 2.50. The predicted molar refractivity (Wildman–Crippen MR) is 127 cm³/mol. The summed E-state index contributed by atoms with van der Waals surface area (Å²) in [5, 5.41) is 0. The van der Waals surface area contributed by atoms with Crippen LogP contribution in [0.15, 0.2) is 0 Å². The Hall–Kier alpha value is 0.347. The van der Waals surface area contributed by atoms with Crippen LogP contribution in [-0.4, -0.2) is 36.6 Å².